The van der Waals surface area contributed by atoms with E-state index in [0.29, 0.717) is 11.6 Å². The Balaban J connectivity index is 0.00000220. The van der Waals surface area contributed by atoms with Crippen LogP contribution in [0.3, 0.4) is 0 Å². The van der Waals surface area contributed by atoms with Crippen molar-refractivity contribution in [1.82, 2.24) is 20.3 Å². The van der Waals surface area contributed by atoms with Crippen molar-refractivity contribution < 1.29 is 4.52 Å². The van der Waals surface area contributed by atoms with Gasteiger partial charge in [-0.3, -0.25) is 9.89 Å². The molecule has 0 unspecified atom stereocenters. The highest BCUT2D eigenvalue weighted by Crippen LogP contribution is 2.07. The number of aromatic nitrogens is 1. The number of hydrogen-bond donors (Lipinski definition) is 1. The van der Waals surface area contributed by atoms with Crippen LogP contribution in [0.1, 0.15) is 5.69 Å². The van der Waals surface area contributed by atoms with E-state index in [4.69, 9.17) is 16.1 Å². The van der Waals surface area contributed by atoms with E-state index in [9.17, 15) is 0 Å². The summed E-state index contributed by atoms with van der Waals surface area (Å²) in [6.45, 7) is 8.81. The highest BCUT2D eigenvalue weighted by atomic mass is 127. The van der Waals surface area contributed by atoms with Gasteiger partial charge in [-0.2, -0.15) is 0 Å². The number of hydrogen-bond acceptors (Lipinski definition) is 4. The normalized spacial score (nSPS) is 16.5. The molecule has 0 aliphatic carbocycles. The summed E-state index contributed by atoms with van der Waals surface area (Å²) >= 11 is 5.77. The molecule has 6 nitrogen and oxygen atoms in total. The minimum atomic E-state index is 0. The third-order valence-corrected chi connectivity index (χ3v) is 3.33. The van der Waals surface area contributed by atoms with Crippen molar-refractivity contribution in [2.75, 3.05) is 39.8 Å². The van der Waals surface area contributed by atoms with Gasteiger partial charge in [0.25, 0.3) is 0 Å². The van der Waals surface area contributed by atoms with Crippen molar-refractivity contribution in [2.45, 2.75) is 6.54 Å². The minimum Gasteiger partial charge on any atom is -0.364 e. The van der Waals surface area contributed by atoms with E-state index in [1.54, 1.807) is 13.3 Å². The molecule has 8 heteroatoms. The van der Waals surface area contributed by atoms with Gasteiger partial charge in [0.1, 0.15) is 6.26 Å². The first-order chi connectivity index (χ1) is 9.69. The van der Waals surface area contributed by atoms with E-state index in [2.05, 4.69) is 31.8 Å². The summed E-state index contributed by atoms with van der Waals surface area (Å²) in [5.74, 6) is 0.868. The molecule has 0 atom stereocenters. The van der Waals surface area contributed by atoms with Gasteiger partial charge in [0, 0.05) is 50.9 Å². The Morgan fingerprint density at radius 3 is 2.71 bits per heavy atom. The molecule has 0 radical (unpaired) electrons. The minimum absolute atomic E-state index is 0. The molecule has 0 spiro atoms. The lowest BCUT2D eigenvalue weighted by Gasteiger charge is -2.36. The second kappa shape index (κ2) is 9.26. The molecule has 21 heavy (non-hydrogen) atoms. The van der Waals surface area contributed by atoms with Crippen molar-refractivity contribution in [3.63, 3.8) is 0 Å². The summed E-state index contributed by atoms with van der Waals surface area (Å²) in [4.78, 5) is 8.84. The van der Waals surface area contributed by atoms with Crippen LogP contribution in [0.25, 0.3) is 0 Å². The van der Waals surface area contributed by atoms with Gasteiger partial charge in [0.05, 0.1) is 12.2 Å². The maximum Gasteiger partial charge on any atom is 0.194 e. The van der Waals surface area contributed by atoms with Crippen LogP contribution in [0.5, 0.6) is 0 Å². The number of guanidine groups is 1. The van der Waals surface area contributed by atoms with Crippen LogP contribution in [0.2, 0.25) is 0 Å². The van der Waals surface area contributed by atoms with Gasteiger partial charge in [0.15, 0.2) is 5.96 Å². The van der Waals surface area contributed by atoms with E-state index in [-0.39, 0.29) is 24.0 Å². The Morgan fingerprint density at radius 2 is 2.19 bits per heavy atom. The fourth-order valence-corrected chi connectivity index (χ4v) is 2.24. The first-order valence-corrected chi connectivity index (χ1v) is 6.97. The molecule has 2 rings (SSSR count). The second-order valence-electron chi connectivity index (χ2n) is 4.67. The highest BCUT2D eigenvalue weighted by molar-refractivity contribution is 14.0. The van der Waals surface area contributed by atoms with E-state index >= 15 is 0 Å². The number of piperazine rings is 1. The molecule has 1 N–H and O–H groups in total. The molecule has 0 saturated carbocycles. The monoisotopic (exact) mass is 425 g/mol. The number of nitrogens with one attached hydrogen (secondary N) is 1. The fourth-order valence-electron chi connectivity index (χ4n) is 2.17. The van der Waals surface area contributed by atoms with Crippen molar-refractivity contribution in [3.05, 3.63) is 29.6 Å². The summed E-state index contributed by atoms with van der Waals surface area (Å²) < 4.78 is 4.85. The number of nitrogens with zero attached hydrogens (tertiary/aromatic N) is 4. The van der Waals surface area contributed by atoms with E-state index in [1.807, 2.05) is 6.07 Å². The van der Waals surface area contributed by atoms with Crippen LogP contribution < -0.4 is 5.32 Å². The molecule has 1 aromatic heterocycles. The lowest BCUT2D eigenvalue weighted by molar-refractivity contribution is 0.169. The quantitative estimate of drug-likeness (QED) is 0.452. The average Bonchev–Trinajstić information content (AvgIpc) is 2.94. The van der Waals surface area contributed by atoms with Crippen molar-refractivity contribution in [3.8, 4) is 0 Å². The van der Waals surface area contributed by atoms with Crippen LogP contribution >= 0.6 is 35.6 Å². The lowest BCUT2D eigenvalue weighted by atomic mass is 10.3. The van der Waals surface area contributed by atoms with Gasteiger partial charge < -0.3 is 14.7 Å². The van der Waals surface area contributed by atoms with Crippen molar-refractivity contribution in [2.24, 2.45) is 4.99 Å². The molecular formula is C13H21ClIN5O. The molecule has 0 aromatic carbocycles. The van der Waals surface area contributed by atoms with Crippen LogP contribution in [0.15, 0.2) is 33.5 Å². The molecule has 0 amide bonds. The molecule has 118 valence electrons. The molecule has 1 aliphatic heterocycles. The molecule has 1 fully saturated rings. The van der Waals surface area contributed by atoms with Gasteiger partial charge >= 0.3 is 0 Å². The second-order valence-corrected chi connectivity index (χ2v) is 5.21. The zero-order valence-electron chi connectivity index (χ0n) is 12.1. The smallest absolute Gasteiger partial charge is 0.194 e. The molecule has 1 aliphatic rings. The number of rotatable bonds is 4. The number of halogens is 2. The maximum atomic E-state index is 5.77. The zero-order valence-corrected chi connectivity index (χ0v) is 15.2. The fraction of sp³-hybridized carbons (Fsp3) is 0.538. The molecule has 1 saturated heterocycles. The maximum absolute atomic E-state index is 5.77. The highest BCUT2D eigenvalue weighted by Gasteiger charge is 2.20. The Kier molecular flexibility index (Phi) is 8.05. The molecule has 1 aromatic rings. The Hall–Kier alpha value is -0.800. The van der Waals surface area contributed by atoms with Gasteiger partial charge in [-0.1, -0.05) is 23.3 Å². The van der Waals surface area contributed by atoms with Gasteiger partial charge in [-0.05, 0) is 0 Å². The van der Waals surface area contributed by atoms with Crippen LogP contribution in [-0.2, 0) is 6.54 Å². The van der Waals surface area contributed by atoms with Gasteiger partial charge in [-0.25, -0.2) is 0 Å². The largest absolute Gasteiger partial charge is 0.364 e. The van der Waals surface area contributed by atoms with Crippen LogP contribution in [-0.4, -0.2) is 60.7 Å². The third-order valence-electron chi connectivity index (χ3n) is 3.20. The molecule has 0 bridgehead atoms. The summed E-state index contributed by atoms with van der Waals surface area (Å²) in [6, 6.07) is 1.90. The Morgan fingerprint density at radius 1 is 1.48 bits per heavy atom. The Labute approximate surface area is 147 Å². The van der Waals surface area contributed by atoms with Gasteiger partial charge in [-0.15, -0.1) is 24.0 Å². The molecule has 2 heterocycles. The predicted octanol–water partition coefficient (Wildman–Crippen LogP) is 1.74. The summed E-state index contributed by atoms with van der Waals surface area (Å²) in [5, 5.41) is 7.72. The summed E-state index contributed by atoms with van der Waals surface area (Å²) in [7, 11) is 1.78. The van der Waals surface area contributed by atoms with E-state index < -0.39 is 0 Å². The van der Waals surface area contributed by atoms with Gasteiger partial charge in [0.2, 0.25) is 0 Å². The topological polar surface area (TPSA) is 56.9 Å². The van der Waals surface area contributed by atoms with Crippen molar-refractivity contribution >= 4 is 41.5 Å². The Bertz CT molecular complexity index is 457. The standard InChI is InChI=1S/C13H20ClN5O.HI/c1-11(14)9-16-13(15-2)19-6-4-18(5-7-19)10-12-3-8-20-17-12;/h3,8H,1,4-7,9-10H2,2H3,(H,15,16);1H. The summed E-state index contributed by atoms with van der Waals surface area (Å²) in [6.07, 6.45) is 1.61. The number of aliphatic imine (C=N–C) groups is 1. The van der Waals surface area contributed by atoms with Crippen molar-refractivity contribution in [1.29, 1.82) is 0 Å². The summed E-state index contributed by atoms with van der Waals surface area (Å²) in [5.41, 5.74) is 0.972. The van der Waals surface area contributed by atoms with E-state index in [0.717, 1.165) is 44.4 Å². The van der Waals surface area contributed by atoms with Crippen LogP contribution in [0, 0.1) is 0 Å². The van der Waals surface area contributed by atoms with Crippen LogP contribution in [0.4, 0.5) is 0 Å². The third kappa shape index (κ3) is 5.84. The van der Waals surface area contributed by atoms with E-state index in [1.165, 1.54) is 0 Å². The molecular weight excluding hydrogens is 405 g/mol. The average molecular weight is 426 g/mol. The first-order valence-electron chi connectivity index (χ1n) is 6.59. The zero-order chi connectivity index (χ0) is 14.4. The first kappa shape index (κ1) is 18.2. The predicted molar refractivity (Wildman–Crippen MR) is 95.1 cm³/mol. The SMILES string of the molecule is C=C(Cl)CNC(=NC)N1CCN(Cc2ccon2)CC1.I. The lowest BCUT2D eigenvalue weighted by Crippen LogP contribution is -2.52.